The molecule has 0 aliphatic carbocycles. The number of carbonyl (C=O) groups excluding carboxylic acids is 1. The average Bonchev–Trinajstić information content (AvgIpc) is 2.62. The number of carbonyl (C=O) groups is 1. The van der Waals surface area contributed by atoms with E-state index in [-0.39, 0.29) is 18.8 Å². The lowest BCUT2D eigenvalue weighted by molar-refractivity contribution is -0.0314. The fourth-order valence-corrected chi connectivity index (χ4v) is 3.05. The average molecular weight is 489 g/mol. The van der Waals surface area contributed by atoms with Crippen LogP contribution in [0.3, 0.4) is 0 Å². The van der Waals surface area contributed by atoms with Gasteiger partial charge in [-0.3, -0.25) is 5.32 Å². The van der Waals surface area contributed by atoms with Gasteiger partial charge < -0.3 is 19.7 Å². The Morgan fingerprint density at radius 1 is 1.15 bits per heavy atom. The summed E-state index contributed by atoms with van der Waals surface area (Å²) < 4.78 is 12.5. The molecule has 2 aromatic rings. The SMILES string of the molecule is CO[C@@H](CCO)[C@@H](OC(=O)Nc1ccc(Br)cc1)c1cc(Br)ccc1O. The molecule has 0 radical (unpaired) electrons. The van der Waals surface area contributed by atoms with E-state index in [4.69, 9.17) is 9.47 Å². The van der Waals surface area contributed by atoms with Crippen LogP contribution in [0.4, 0.5) is 10.5 Å². The molecule has 0 saturated heterocycles. The number of anilines is 1. The van der Waals surface area contributed by atoms with Crippen LogP contribution in [0.25, 0.3) is 0 Å². The number of aromatic hydroxyl groups is 1. The van der Waals surface area contributed by atoms with Crippen molar-refractivity contribution in [3.05, 3.63) is 57.0 Å². The van der Waals surface area contributed by atoms with E-state index in [1.807, 2.05) is 0 Å². The topological polar surface area (TPSA) is 88.0 Å². The van der Waals surface area contributed by atoms with E-state index >= 15 is 0 Å². The summed E-state index contributed by atoms with van der Waals surface area (Å²) in [5.74, 6) is -0.0327. The van der Waals surface area contributed by atoms with Gasteiger partial charge >= 0.3 is 6.09 Å². The first-order valence-electron chi connectivity index (χ1n) is 7.80. The maximum Gasteiger partial charge on any atom is 0.412 e. The van der Waals surface area contributed by atoms with Gasteiger partial charge in [-0.15, -0.1) is 0 Å². The summed E-state index contributed by atoms with van der Waals surface area (Å²) in [6, 6.07) is 11.8. The number of ether oxygens (including phenoxy) is 2. The van der Waals surface area contributed by atoms with Crippen LogP contribution in [0.2, 0.25) is 0 Å². The maximum atomic E-state index is 12.3. The Morgan fingerprint density at radius 2 is 1.81 bits per heavy atom. The third kappa shape index (κ3) is 5.70. The van der Waals surface area contributed by atoms with Crippen molar-refractivity contribution in [3.8, 4) is 5.75 Å². The first-order chi connectivity index (χ1) is 12.4. The maximum absolute atomic E-state index is 12.3. The monoisotopic (exact) mass is 487 g/mol. The van der Waals surface area contributed by atoms with Gasteiger partial charge in [-0.25, -0.2) is 4.79 Å². The van der Waals surface area contributed by atoms with Crippen LogP contribution in [0.1, 0.15) is 18.1 Å². The summed E-state index contributed by atoms with van der Waals surface area (Å²) >= 11 is 6.67. The molecule has 0 aliphatic heterocycles. The lowest BCUT2D eigenvalue weighted by Gasteiger charge is -2.26. The summed E-state index contributed by atoms with van der Waals surface area (Å²) in [6.07, 6.45) is -1.99. The molecule has 2 atom stereocenters. The molecular weight excluding hydrogens is 470 g/mol. The van der Waals surface area contributed by atoms with Gasteiger partial charge in [-0.05, 0) is 42.5 Å². The summed E-state index contributed by atoms with van der Waals surface area (Å²) in [7, 11) is 1.46. The van der Waals surface area contributed by atoms with Gasteiger partial charge in [0.1, 0.15) is 11.9 Å². The number of hydrogen-bond donors (Lipinski definition) is 3. The highest BCUT2D eigenvalue weighted by molar-refractivity contribution is 9.10. The number of methoxy groups -OCH3 is 1. The third-order valence-electron chi connectivity index (χ3n) is 3.67. The molecule has 0 heterocycles. The minimum absolute atomic E-state index is 0.0327. The Morgan fingerprint density at radius 3 is 2.42 bits per heavy atom. The number of halogens is 2. The number of benzene rings is 2. The van der Waals surface area contributed by atoms with Crippen molar-refractivity contribution in [1.82, 2.24) is 0 Å². The summed E-state index contributed by atoms with van der Waals surface area (Å²) in [5, 5.41) is 22.1. The van der Waals surface area contributed by atoms with Gasteiger partial charge in [0.05, 0.1) is 0 Å². The third-order valence-corrected chi connectivity index (χ3v) is 4.70. The Bertz CT molecular complexity index is 739. The van der Waals surface area contributed by atoms with E-state index in [1.165, 1.54) is 13.2 Å². The number of amides is 1. The molecule has 0 aromatic heterocycles. The van der Waals surface area contributed by atoms with E-state index in [1.54, 1.807) is 36.4 Å². The lowest BCUT2D eigenvalue weighted by atomic mass is 10.0. The van der Waals surface area contributed by atoms with Crippen molar-refractivity contribution in [2.45, 2.75) is 18.6 Å². The normalized spacial score (nSPS) is 13.1. The number of aliphatic hydroxyl groups excluding tert-OH is 1. The largest absolute Gasteiger partial charge is 0.508 e. The fourth-order valence-electron chi connectivity index (χ4n) is 2.41. The molecule has 1 amide bonds. The zero-order chi connectivity index (χ0) is 19.1. The van der Waals surface area contributed by atoms with Crippen molar-refractivity contribution >= 4 is 43.6 Å². The van der Waals surface area contributed by atoms with E-state index in [0.717, 1.165) is 4.47 Å². The molecule has 2 aromatic carbocycles. The zero-order valence-corrected chi connectivity index (χ0v) is 17.2. The molecule has 26 heavy (non-hydrogen) atoms. The van der Waals surface area contributed by atoms with Crippen LogP contribution < -0.4 is 5.32 Å². The highest BCUT2D eigenvalue weighted by atomic mass is 79.9. The van der Waals surface area contributed by atoms with Crippen LogP contribution in [0.15, 0.2) is 51.4 Å². The molecule has 0 unspecified atom stereocenters. The predicted octanol–water partition coefficient (Wildman–Crippen LogP) is 4.60. The molecule has 6 nitrogen and oxygen atoms in total. The van der Waals surface area contributed by atoms with Crippen molar-refractivity contribution in [1.29, 1.82) is 0 Å². The van der Waals surface area contributed by atoms with Crippen LogP contribution in [0.5, 0.6) is 5.75 Å². The number of phenolic OH excluding ortho intramolecular Hbond substituents is 1. The second-order valence-electron chi connectivity index (χ2n) is 5.45. The molecule has 0 fully saturated rings. The molecule has 2 rings (SSSR count). The van der Waals surface area contributed by atoms with Gasteiger partial charge in [0.15, 0.2) is 6.10 Å². The highest BCUT2D eigenvalue weighted by Gasteiger charge is 2.29. The Kier molecular flexibility index (Phi) is 7.89. The number of aliphatic hydroxyl groups is 1. The molecule has 8 heteroatoms. The molecule has 0 spiro atoms. The van der Waals surface area contributed by atoms with Crippen LogP contribution in [0, 0.1) is 0 Å². The van der Waals surface area contributed by atoms with Crippen LogP contribution in [-0.2, 0) is 9.47 Å². The molecule has 140 valence electrons. The number of nitrogens with one attached hydrogen (secondary N) is 1. The van der Waals surface area contributed by atoms with Crippen molar-refractivity contribution in [2.24, 2.45) is 0 Å². The van der Waals surface area contributed by atoms with Crippen LogP contribution in [-0.4, -0.2) is 36.1 Å². The van der Waals surface area contributed by atoms with Crippen molar-refractivity contribution in [3.63, 3.8) is 0 Å². The Hall–Kier alpha value is -1.61. The quantitative estimate of drug-likeness (QED) is 0.529. The van der Waals surface area contributed by atoms with E-state index in [0.29, 0.717) is 15.7 Å². The lowest BCUT2D eigenvalue weighted by Crippen LogP contribution is -2.29. The Balaban J connectivity index is 2.24. The molecule has 0 bridgehead atoms. The summed E-state index contributed by atoms with van der Waals surface area (Å²) in [4.78, 5) is 12.3. The predicted molar refractivity (Wildman–Crippen MR) is 105 cm³/mol. The zero-order valence-electron chi connectivity index (χ0n) is 14.0. The Labute approximate surface area is 168 Å². The molecule has 0 saturated carbocycles. The van der Waals surface area contributed by atoms with E-state index < -0.39 is 18.3 Å². The highest BCUT2D eigenvalue weighted by Crippen LogP contribution is 2.34. The summed E-state index contributed by atoms with van der Waals surface area (Å²) in [6.45, 7) is -0.151. The first kappa shape index (κ1) is 20.7. The van der Waals surface area contributed by atoms with Crippen LogP contribution >= 0.6 is 31.9 Å². The molecule has 0 aliphatic rings. The van der Waals surface area contributed by atoms with Gasteiger partial charge in [-0.1, -0.05) is 31.9 Å². The molecule has 3 N–H and O–H groups in total. The summed E-state index contributed by atoms with van der Waals surface area (Å²) in [5.41, 5.74) is 0.942. The van der Waals surface area contributed by atoms with Gasteiger partial charge in [0.2, 0.25) is 0 Å². The second-order valence-corrected chi connectivity index (χ2v) is 7.28. The van der Waals surface area contributed by atoms with Crippen molar-refractivity contribution < 1.29 is 24.5 Å². The number of hydrogen-bond acceptors (Lipinski definition) is 5. The van der Waals surface area contributed by atoms with Gasteiger partial charge in [-0.2, -0.15) is 0 Å². The van der Waals surface area contributed by atoms with Crippen molar-refractivity contribution in [2.75, 3.05) is 19.0 Å². The molecular formula is C18H19Br2NO5. The van der Waals surface area contributed by atoms with E-state index in [2.05, 4.69) is 37.2 Å². The minimum atomic E-state index is -0.903. The smallest absolute Gasteiger partial charge is 0.412 e. The van der Waals surface area contributed by atoms with E-state index in [9.17, 15) is 15.0 Å². The fraction of sp³-hybridized carbons (Fsp3) is 0.278. The first-order valence-corrected chi connectivity index (χ1v) is 9.38. The minimum Gasteiger partial charge on any atom is -0.508 e. The van der Waals surface area contributed by atoms with Gasteiger partial charge in [0.25, 0.3) is 0 Å². The standard InChI is InChI=1S/C18H19Br2NO5/c1-25-16(8-9-22)17(14-10-12(20)4-7-15(14)23)26-18(24)21-13-5-2-11(19)3-6-13/h2-7,10,16-17,22-23H,8-9H2,1H3,(H,21,24)/t16-,17-/m0/s1. The second kappa shape index (κ2) is 9.91. The van der Waals surface area contributed by atoms with Gasteiger partial charge in [0, 0.05) is 40.3 Å². The number of rotatable bonds is 7. The number of phenols is 1.